The molecule has 0 spiro atoms. The van der Waals surface area contributed by atoms with E-state index in [1.165, 1.54) is 8.42 Å². The Labute approximate surface area is 152 Å². The van der Waals surface area contributed by atoms with Crippen LogP contribution < -0.4 is 5.48 Å². The molecule has 3 aromatic rings. The first-order valence-corrected chi connectivity index (χ1v) is 14.6. The number of nitrogens with one attached hydrogen (secondary N) is 1. The lowest BCUT2D eigenvalue weighted by Crippen LogP contribution is -1.91. The Bertz CT molecular complexity index is 945. The lowest BCUT2D eigenvalue weighted by molar-refractivity contribution is 0.390. The molecule has 2 aromatic heterocycles. The van der Waals surface area contributed by atoms with Crippen molar-refractivity contribution in [1.29, 1.82) is 0 Å². The summed E-state index contributed by atoms with van der Waals surface area (Å²) in [5.41, 5.74) is 2.96. The predicted octanol–water partition coefficient (Wildman–Crippen LogP) is 6.42. The summed E-state index contributed by atoms with van der Waals surface area (Å²) < 4.78 is 4.83. The predicted molar refractivity (Wildman–Crippen MR) is 115 cm³/mol. The summed E-state index contributed by atoms with van der Waals surface area (Å²) >= 11 is 3.52. The van der Waals surface area contributed by atoms with Crippen molar-refractivity contribution >= 4 is 74.3 Å². The summed E-state index contributed by atoms with van der Waals surface area (Å²) in [5, 5.41) is 14.6. The second kappa shape index (κ2) is 5.88. The molecule has 2 heterocycles. The maximum atomic E-state index is 11.5. The van der Waals surface area contributed by atoms with Crippen molar-refractivity contribution < 1.29 is 5.21 Å². The Hall–Kier alpha value is -0.800. The van der Waals surface area contributed by atoms with Gasteiger partial charge in [-0.15, -0.1) is 27.6 Å². The van der Waals surface area contributed by atoms with Gasteiger partial charge < -0.3 is 0 Å². The third-order valence-corrected chi connectivity index (χ3v) is 12.0. The zero-order valence-corrected chi connectivity index (χ0v) is 17.9. The number of thiophene rings is 2. The van der Waals surface area contributed by atoms with E-state index in [2.05, 4.69) is 60.3 Å². The smallest absolute Gasteiger partial charge is 0.142 e. The Morgan fingerprint density at radius 3 is 1.79 bits per heavy atom. The van der Waals surface area contributed by atoms with Crippen LogP contribution in [-0.2, 0) is 0 Å². The third kappa shape index (κ3) is 2.84. The normalized spacial score (nSPS) is 14.3. The standard InChI is InChI=1S/C16H22N2O2S4/c1-23(2,3)11-7-9-13(17-19)14(18-20)10-8-12(24(4,5)6)22-16(10)15(9)21-11/h7-8,17,19H,1-6H3. The van der Waals surface area contributed by atoms with Gasteiger partial charge in [0.2, 0.25) is 0 Å². The highest BCUT2D eigenvalue weighted by Gasteiger charge is 2.24. The summed E-state index contributed by atoms with van der Waals surface area (Å²) in [6, 6.07) is 4.18. The fraction of sp³-hybridized carbons (Fsp3) is 0.375. The van der Waals surface area contributed by atoms with Crippen LogP contribution in [0.1, 0.15) is 0 Å². The molecule has 2 N–H and O–H groups in total. The lowest BCUT2D eigenvalue weighted by Gasteiger charge is -2.22. The Balaban J connectivity index is 2.50. The van der Waals surface area contributed by atoms with Gasteiger partial charge in [-0.1, -0.05) is 0 Å². The van der Waals surface area contributed by atoms with Gasteiger partial charge in [0.25, 0.3) is 0 Å². The molecule has 0 fully saturated rings. The number of hydrogen-bond donors (Lipinski definition) is 2. The zero-order chi connectivity index (χ0) is 17.9. The lowest BCUT2D eigenvalue weighted by atomic mass is 10.1. The Morgan fingerprint density at radius 2 is 1.38 bits per heavy atom. The van der Waals surface area contributed by atoms with E-state index in [0.29, 0.717) is 11.4 Å². The third-order valence-electron chi connectivity index (χ3n) is 3.80. The molecule has 0 atom stereocenters. The molecule has 3 rings (SSSR count). The van der Waals surface area contributed by atoms with Crippen LogP contribution in [0.5, 0.6) is 0 Å². The molecule has 8 heteroatoms. The van der Waals surface area contributed by atoms with E-state index in [-0.39, 0.29) is 0 Å². The van der Waals surface area contributed by atoms with Gasteiger partial charge >= 0.3 is 0 Å². The molecular weight excluding hydrogens is 380 g/mol. The van der Waals surface area contributed by atoms with Crippen LogP contribution in [0.25, 0.3) is 20.2 Å². The van der Waals surface area contributed by atoms with Gasteiger partial charge in [0.05, 0.1) is 15.1 Å². The Morgan fingerprint density at radius 1 is 0.917 bits per heavy atom. The first kappa shape index (κ1) is 18.0. The molecule has 0 unspecified atom stereocenters. The van der Waals surface area contributed by atoms with Crippen LogP contribution >= 0.6 is 42.7 Å². The fourth-order valence-electron chi connectivity index (χ4n) is 2.51. The fourth-order valence-corrected chi connectivity index (χ4v) is 7.90. The molecule has 0 amide bonds. The minimum Gasteiger partial charge on any atom is -0.291 e. The molecule has 1 aromatic carbocycles. The summed E-state index contributed by atoms with van der Waals surface area (Å²) in [6.45, 7) is 0. The van der Waals surface area contributed by atoms with Gasteiger partial charge in [-0.2, -0.15) is 0 Å². The number of hydrogen-bond acceptors (Lipinski definition) is 6. The van der Waals surface area contributed by atoms with Gasteiger partial charge in [-0.05, 0) is 54.8 Å². The highest BCUT2D eigenvalue weighted by atomic mass is 32.3. The first-order valence-electron chi connectivity index (χ1n) is 7.21. The minimum atomic E-state index is -0.898. The van der Waals surface area contributed by atoms with E-state index in [1.807, 2.05) is 0 Å². The van der Waals surface area contributed by atoms with Gasteiger partial charge in [0.1, 0.15) is 5.69 Å². The maximum absolute atomic E-state index is 11.5. The molecule has 0 radical (unpaired) electrons. The van der Waals surface area contributed by atoms with Crippen molar-refractivity contribution in [1.82, 2.24) is 0 Å². The molecule has 0 saturated heterocycles. The maximum Gasteiger partial charge on any atom is 0.142 e. The molecule has 24 heavy (non-hydrogen) atoms. The quantitative estimate of drug-likeness (QED) is 0.391. The van der Waals surface area contributed by atoms with Crippen LogP contribution in [0.2, 0.25) is 0 Å². The van der Waals surface area contributed by atoms with Crippen LogP contribution in [0, 0.1) is 4.91 Å². The van der Waals surface area contributed by atoms with E-state index in [1.54, 1.807) is 22.7 Å². The van der Waals surface area contributed by atoms with Gasteiger partial charge in [-0.3, -0.25) is 10.7 Å². The first-order chi connectivity index (χ1) is 11.1. The average molecular weight is 403 g/mol. The van der Waals surface area contributed by atoms with Gasteiger partial charge in [0.15, 0.2) is 0 Å². The Kier molecular flexibility index (Phi) is 4.41. The molecule has 0 saturated carbocycles. The molecular formula is C16H22N2O2S4. The van der Waals surface area contributed by atoms with Crippen LogP contribution in [-0.4, -0.2) is 42.7 Å². The summed E-state index contributed by atoms with van der Waals surface area (Å²) in [7, 11) is -1.79. The zero-order valence-electron chi connectivity index (χ0n) is 14.6. The molecule has 0 aliphatic carbocycles. The molecule has 132 valence electrons. The second-order valence-electron chi connectivity index (χ2n) is 7.22. The highest BCUT2D eigenvalue weighted by Crippen LogP contribution is 2.58. The van der Waals surface area contributed by atoms with Crippen LogP contribution in [0.3, 0.4) is 0 Å². The topological polar surface area (TPSA) is 61.7 Å². The molecule has 0 aliphatic heterocycles. The number of benzene rings is 1. The van der Waals surface area contributed by atoms with Crippen molar-refractivity contribution in [2.75, 3.05) is 43.0 Å². The second-order valence-corrected chi connectivity index (χ2v) is 18.1. The number of nitroso groups, excluding NO2 is 1. The van der Waals surface area contributed by atoms with E-state index in [9.17, 15) is 10.1 Å². The summed E-state index contributed by atoms with van der Waals surface area (Å²) in [6.07, 6.45) is 13.5. The molecule has 4 nitrogen and oxygen atoms in total. The van der Waals surface area contributed by atoms with E-state index >= 15 is 0 Å². The highest BCUT2D eigenvalue weighted by molar-refractivity contribution is 8.33. The number of rotatable bonds is 4. The number of anilines is 1. The minimum absolute atomic E-state index is 0.305. The monoisotopic (exact) mass is 402 g/mol. The van der Waals surface area contributed by atoms with Crippen molar-refractivity contribution in [2.45, 2.75) is 8.42 Å². The van der Waals surface area contributed by atoms with Crippen LogP contribution in [0.4, 0.5) is 11.4 Å². The van der Waals surface area contributed by atoms with Crippen molar-refractivity contribution in [3.05, 3.63) is 17.0 Å². The van der Waals surface area contributed by atoms with Gasteiger partial charge in [-0.25, -0.2) is 20.1 Å². The molecule has 0 bridgehead atoms. The van der Waals surface area contributed by atoms with Crippen molar-refractivity contribution in [2.24, 2.45) is 5.18 Å². The van der Waals surface area contributed by atoms with Gasteiger partial charge in [0, 0.05) is 19.2 Å². The number of fused-ring (bicyclic) bond motifs is 3. The van der Waals surface area contributed by atoms with E-state index in [0.717, 1.165) is 20.2 Å². The van der Waals surface area contributed by atoms with E-state index in [4.69, 9.17) is 0 Å². The van der Waals surface area contributed by atoms with Crippen molar-refractivity contribution in [3.63, 3.8) is 0 Å². The number of nitrogens with zero attached hydrogens (tertiary/aromatic N) is 1. The molecule has 0 aliphatic rings. The van der Waals surface area contributed by atoms with Crippen LogP contribution in [0.15, 0.2) is 25.7 Å². The summed E-state index contributed by atoms with van der Waals surface area (Å²) in [5.74, 6) is 0. The largest absolute Gasteiger partial charge is 0.291 e. The average Bonchev–Trinajstić information content (AvgIpc) is 3.07. The van der Waals surface area contributed by atoms with E-state index < -0.39 is 20.1 Å². The SMILES string of the molecule is CS(C)(C)c1cc2c(N=O)c(NO)c3cc(S(C)(C)C)sc3c2s1. The summed E-state index contributed by atoms with van der Waals surface area (Å²) in [4.78, 5) is 11.5. The van der Waals surface area contributed by atoms with Crippen molar-refractivity contribution in [3.8, 4) is 0 Å².